The lowest BCUT2D eigenvalue weighted by Gasteiger charge is -2.18. The van der Waals surface area contributed by atoms with Gasteiger partial charge in [0.15, 0.2) is 6.10 Å². The molecular formula is C71H130O6. The van der Waals surface area contributed by atoms with Crippen molar-refractivity contribution in [2.45, 2.75) is 374 Å². The highest BCUT2D eigenvalue weighted by atomic mass is 16.6. The van der Waals surface area contributed by atoms with E-state index >= 15 is 0 Å². The maximum absolute atomic E-state index is 12.9. The topological polar surface area (TPSA) is 78.9 Å². The number of hydrogen-bond acceptors (Lipinski definition) is 6. The molecule has 0 saturated carbocycles. The molecule has 1 unspecified atom stereocenters. The summed E-state index contributed by atoms with van der Waals surface area (Å²) in [7, 11) is 0. The second kappa shape index (κ2) is 65.9. The Bertz CT molecular complexity index is 1330. The predicted octanol–water partition coefficient (Wildman–Crippen LogP) is 23.3. The number of allylic oxidation sites excluding steroid dienone is 8. The smallest absolute Gasteiger partial charge is 0.306 e. The minimum absolute atomic E-state index is 0.0767. The van der Waals surface area contributed by atoms with Crippen molar-refractivity contribution in [2.75, 3.05) is 13.2 Å². The van der Waals surface area contributed by atoms with Gasteiger partial charge in [-0.2, -0.15) is 0 Å². The number of ether oxygens (including phenoxy) is 3. The van der Waals surface area contributed by atoms with Crippen LogP contribution in [0.3, 0.4) is 0 Å². The van der Waals surface area contributed by atoms with E-state index in [1.54, 1.807) is 0 Å². The van der Waals surface area contributed by atoms with Crippen molar-refractivity contribution < 1.29 is 28.6 Å². The fourth-order valence-electron chi connectivity index (χ4n) is 10.1. The summed E-state index contributed by atoms with van der Waals surface area (Å²) in [6, 6.07) is 0. The molecule has 77 heavy (non-hydrogen) atoms. The Morgan fingerprint density at radius 2 is 0.468 bits per heavy atom. The summed E-state index contributed by atoms with van der Waals surface area (Å²) in [6.45, 7) is 6.66. The molecule has 450 valence electrons. The van der Waals surface area contributed by atoms with Crippen LogP contribution in [-0.2, 0) is 28.6 Å². The van der Waals surface area contributed by atoms with E-state index in [1.165, 1.54) is 250 Å². The van der Waals surface area contributed by atoms with Crippen LogP contribution < -0.4 is 0 Å². The third kappa shape index (κ3) is 64.1. The Labute approximate surface area is 479 Å². The van der Waals surface area contributed by atoms with Crippen LogP contribution in [0.1, 0.15) is 367 Å². The molecule has 0 spiro atoms. The van der Waals surface area contributed by atoms with Gasteiger partial charge in [0.1, 0.15) is 13.2 Å². The summed E-state index contributed by atoms with van der Waals surface area (Å²) in [6.07, 6.45) is 82.7. The van der Waals surface area contributed by atoms with Gasteiger partial charge in [-0.3, -0.25) is 14.4 Å². The van der Waals surface area contributed by atoms with Gasteiger partial charge in [-0.05, 0) is 103 Å². The number of carbonyl (C=O) groups excluding carboxylic acids is 3. The van der Waals surface area contributed by atoms with Crippen LogP contribution in [0.15, 0.2) is 48.6 Å². The first-order chi connectivity index (χ1) is 38.0. The summed E-state index contributed by atoms with van der Waals surface area (Å²) < 4.78 is 17.0. The van der Waals surface area contributed by atoms with Crippen molar-refractivity contribution in [1.29, 1.82) is 0 Å². The van der Waals surface area contributed by atoms with Crippen molar-refractivity contribution in [3.05, 3.63) is 48.6 Å². The van der Waals surface area contributed by atoms with Gasteiger partial charge in [0.25, 0.3) is 0 Å². The van der Waals surface area contributed by atoms with Crippen molar-refractivity contribution in [2.24, 2.45) is 0 Å². The molecule has 0 rings (SSSR count). The number of hydrogen-bond donors (Lipinski definition) is 0. The van der Waals surface area contributed by atoms with E-state index in [0.717, 1.165) is 77.0 Å². The number of esters is 3. The molecule has 6 heteroatoms. The molecule has 0 N–H and O–H groups in total. The van der Waals surface area contributed by atoms with Gasteiger partial charge in [-0.15, -0.1) is 0 Å². The normalized spacial score (nSPS) is 12.3. The zero-order chi connectivity index (χ0) is 55.7. The molecule has 0 fully saturated rings. The minimum Gasteiger partial charge on any atom is -0.462 e. The third-order valence-electron chi connectivity index (χ3n) is 15.3. The Morgan fingerprint density at radius 3 is 0.740 bits per heavy atom. The maximum atomic E-state index is 12.9. The van der Waals surface area contributed by atoms with Crippen molar-refractivity contribution >= 4 is 17.9 Å². The molecule has 1 atom stereocenters. The molecule has 0 amide bonds. The Kier molecular flexibility index (Phi) is 63.6. The van der Waals surface area contributed by atoms with Gasteiger partial charge in [0.2, 0.25) is 0 Å². The number of rotatable bonds is 63. The van der Waals surface area contributed by atoms with Gasteiger partial charge in [-0.25, -0.2) is 0 Å². The second-order valence-corrected chi connectivity index (χ2v) is 23.1. The Balaban J connectivity index is 4.30. The monoisotopic (exact) mass is 1080 g/mol. The molecule has 0 aliphatic heterocycles. The third-order valence-corrected chi connectivity index (χ3v) is 15.3. The first-order valence-corrected chi connectivity index (χ1v) is 34.1. The lowest BCUT2D eigenvalue weighted by atomic mass is 10.0. The molecule has 0 aliphatic carbocycles. The summed E-state index contributed by atoms with van der Waals surface area (Å²) in [5.41, 5.74) is 0. The SMILES string of the molecule is CCCCCC/C=C\C/C=C\CCCCCCCC(=O)OCC(COC(=O)CCCCCCCCCCCCCCC/C=C\CCCCCCCCCC)OC(=O)CCCCCCCCC/C=C\CCCCCCCCC. The predicted molar refractivity (Wildman–Crippen MR) is 335 cm³/mol. The molecule has 0 saturated heterocycles. The number of unbranched alkanes of at least 4 members (excludes halogenated alkanes) is 44. The van der Waals surface area contributed by atoms with Gasteiger partial charge in [0.05, 0.1) is 0 Å². The largest absolute Gasteiger partial charge is 0.462 e. The van der Waals surface area contributed by atoms with Crippen LogP contribution in [0.25, 0.3) is 0 Å². The van der Waals surface area contributed by atoms with Crippen LogP contribution in [0, 0.1) is 0 Å². The average molecular weight is 1080 g/mol. The Hall–Kier alpha value is -2.63. The van der Waals surface area contributed by atoms with E-state index in [0.29, 0.717) is 19.3 Å². The van der Waals surface area contributed by atoms with E-state index in [4.69, 9.17) is 14.2 Å². The van der Waals surface area contributed by atoms with Crippen molar-refractivity contribution in [3.63, 3.8) is 0 Å². The van der Waals surface area contributed by atoms with E-state index in [9.17, 15) is 14.4 Å². The molecule has 6 nitrogen and oxygen atoms in total. The van der Waals surface area contributed by atoms with Gasteiger partial charge < -0.3 is 14.2 Å². The quantitative estimate of drug-likeness (QED) is 0.0261. The standard InChI is InChI=1S/C71H130O6/c1-4-7-10-13-16-19-22-25-28-31-33-34-35-36-37-38-39-41-43-46-49-52-55-58-61-64-70(73)76-67-68(66-75-69(72)63-60-57-54-51-48-45-42-30-27-24-21-18-15-12-9-6-3)77-71(74)65-62-59-56-53-50-47-44-40-32-29-26-23-20-17-14-11-8-5-2/h21,24,29-33,42,68H,4-20,22-23,25-28,34-41,43-67H2,1-3H3/b24-21-,32-29-,33-31-,42-30-. The van der Waals surface area contributed by atoms with Crippen molar-refractivity contribution in [3.8, 4) is 0 Å². The van der Waals surface area contributed by atoms with E-state index in [1.807, 2.05) is 0 Å². The fraction of sp³-hybridized carbons (Fsp3) is 0.845. The molecule has 0 aliphatic rings. The highest BCUT2D eigenvalue weighted by Gasteiger charge is 2.19. The average Bonchev–Trinajstić information content (AvgIpc) is 3.43. The van der Waals surface area contributed by atoms with E-state index < -0.39 is 6.10 Å². The molecule has 0 aromatic heterocycles. The molecule has 0 radical (unpaired) electrons. The van der Waals surface area contributed by atoms with Crippen LogP contribution in [-0.4, -0.2) is 37.2 Å². The zero-order valence-electron chi connectivity index (χ0n) is 51.7. The van der Waals surface area contributed by atoms with E-state index in [-0.39, 0.29) is 31.1 Å². The fourth-order valence-corrected chi connectivity index (χ4v) is 10.1. The van der Waals surface area contributed by atoms with Gasteiger partial charge >= 0.3 is 17.9 Å². The summed E-state index contributed by atoms with van der Waals surface area (Å²) >= 11 is 0. The maximum Gasteiger partial charge on any atom is 0.306 e. The zero-order valence-corrected chi connectivity index (χ0v) is 51.7. The Morgan fingerprint density at radius 1 is 0.260 bits per heavy atom. The minimum atomic E-state index is -0.782. The second-order valence-electron chi connectivity index (χ2n) is 23.1. The number of carbonyl (C=O) groups is 3. The van der Waals surface area contributed by atoms with Crippen LogP contribution >= 0.6 is 0 Å². The van der Waals surface area contributed by atoms with Gasteiger partial charge in [-0.1, -0.05) is 294 Å². The molecule has 0 bridgehead atoms. The van der Waals surface area contributed by atoms with Gasteiger partial charge in [0, 0.05) is 19.3 Å². The van der Waals surface area contributed by atoms with Crippen LogP contribution in [0.4, 0.5) is 0 Å². The highest BCUT2D eigenvalue weighted by Crippen LogP contribution is 2.17. The molecule has 0 aromatic rings. The first-order valence-electron chi connectivity index (χ1n) is 34.1. The van der Waals surface area contributed by atoms with Crippen LogP contribution in [0.5, 0.6) is 0 Å². The molecule has 0 heterocycles. The highest BCUT2D eigenvalue weighted by molar-refractivity contribution is 5.71. The summed E-state index contributed by atoms with van der Waals surface area (Å²) in [5.74, 6) is -0.873. The first kappa shape index (κ1) is 74.4. The van der Waals surface area contributed by atoms with Crippen LogP contribution in [0.2, 0.25) is 0 Å². The molecular weight excluding hydrogens is 949 g/mol. The lowest BCUT2D eigenvalue weighted by molar-refractivity contribution is -0.167. The summed E-state index contributed by atoms with van der Waals surface area (Å²) in [4.78, 5) is 38.4. The lowest BCUT2D eigenvalue weighted by Crippen LogP contribution is -2.30. The molecule has 0 aromatic carbocycles. The summed E-state index contributed by atoms with van der Waals surface area (Å²) in [5, 5.41) is 0. The van der Waals surface area contributed by atoms with E-state index in [2.05, 4.69) is 69.4 Å². The van der Waals surface area contributed by atoms with Crippen molar-refractivity contribution in [1.82, 2.24) is 0 Å².